The lowest BCUT2D eigenvalue weighted by Gasteiger charge is -2.33. The number of carbonyl (C=O) groups excluding carboxylic acids is 3. The molecule has 3 rings (SSSR count). The first-order chi connectivity index (χ1) is 13.8. The SMILES string of the molecule is Cc1cccc(-n2c(C)cc(C(=O)OCC(=O)N3CCCC[C@@H]3C(N)=O)c2C)c1. The molecule has 2 amide bonds. The Hall–Kier alpha value is -3.09. The van der Waals surface area contributed by atoms with Crippen LogP contribution in [0.15, 0.2) is 30.3 Å². The minimum Gasteiger partial charge on any atom is -0.452 e. The number of carbonyl (C=O) groups is 3. The van der Waals surface area contributed by atoms with Gasteiger partial charge in [0.15, 0.2) is 6.61 Å². The van der Waals surface area contributed by atoms with E-state index >= 15 is 0 Å². The molecule has 0 unspecified atom stereocenters. The van der Waals surface area contributed by atoms with Crippen LogP contribution in [-0.4, -0.2) is 46.4 Å². The van der Waals surface area contributed by atoms with Crippen LogP contribution in [0.25, 0.3) is 5.69 Å². The largest absolute Gasteiger partial charge is 0.452 e. The molecule has 1 fully saturated rings. The summed E-state index contributed by atoms with van der Waals surface area (Å²) in [5.74, 6) is -1.47. The van der Waals surface area contributed by atoms with Crippen LogP contribution in [0.2, 0.25) is 0 Å². The molecule has 1 aromatic heterocycles. The summed E-state index contributed by atoms with van der Waals surface area (Å²) in [5.41, 5.74) is 9.56. The van der Waals surface area contributed by atoms with Gasteiger partial charge in [-0.3, -0.25) is 9.59 Å². The topological polar surface area (TPSA) is 94.6 Å². The van der Waals surface area contributed by atoms with Crippen LogP contribution in [0.1, 0.15) is 46.6 Å². The van der Waals surface area contributed by atoms with E-state index in [4.69, 9.17) is 10.5 Å². The maximum atomic E-state index is 12.6. The molecule has 0 spiro atoms. The first-order valence-corrected chi connectivity index (χ1v) is 9.81. The molecule has 7 heteroatoms. The average molecular weight is 397 g/mol. The number of nitrogens with two attached hydrogens (primary N) is 1. The van der Waals surface area contributed by atoms with Crippen molar-refractivity contribution in [2.75, 3.05) is 13.2 Å². The molecule has 0 saturated carbocycles. The van der Waals surface area contributed by atoms with E-state index in [0.29, 0.717) is 18.5 Å². The molecule has 1 saturated heterocycles. The van der Waals surface area contributed by atoms with Gasteiger partial charge in [0.25, 0.3) is 5.91 Å². The molecule has 1 atom stereocenters. The van der Waals surface area contributed by atoms with Gasteiger partial charge in [0.2, 0.25) is 5.91 Å². The number of benzene rings is 1. The molecule has 0 aliphatic carbocycles. The summed E-state index contributed by atoms with van der Waals surface area (Å²) in [4.78, 5) is 38.2. The Morgan fingerprint density at radius 1 is 1.14 bits per heavy atom. The number of aromatic nitrogens is 1. The van der Waals surface area contributed by atoms with Crippen LogP contribution in [0.3, 0.4) is 0 Å². The molecule has 7 nitrogen and oxygen atoms in total. The summed E-state index contributed by atoms with van der Waals surface area (Å²) in [6, 6.07) is 9.14. The number of likely N-dealkylation sites (tertiary alicyclic amines) is 1. The second kappa shape index (κ2) is 8.51. The lowest BCUT2D eigenvalue weighted by atomic mass is 10.0. The van der Waals surface area contributed by atoms with Gasteiger partial charge in [0.05, 0.1) is 5.56 Å². The lowest BCUT2D eigenvalue weighted by molar-refractivity contribution is -0.143. The van der Waals surface area contributed by atoms with Gasteiger partial charge in [-0.1, -0.05) is 12.1 Å². The van der Waals surface area contributed by atoms with Crippen molar-refractivity contribution in [3.63, 3.8) is 0 Å². The van der Waals surface area contributed by atoms with Crippen LogP contribution >= 0.6 is 0 Å². The Balaban J connectivity index is 1.72. The number of nitrogens with zero attached hydrogens (tertiary/aromatic N) is 2. The normalized spacial score (nSPS) is 16.5. The molecule has 1 aliphatic heterocycles. The van der Waals surface area contributed by atoms with Crippen LogP contribution < -0.4 is 5.73 Å². The number of hydrogen-bond donors (Lipinski definition) is 1. The molecule has 2 heterocycles. The van der Waals surface area contributed by atoms with Crippen molar-refractivity contribution in [1.29, 1.82) is 0 Å². The number of primary amides is 1. The third-order valence-electron chi connectivity index (χ3n) is 5.39. The van der Waals surface area contributed by atoms with Gasteiger partial charge in [-0.05, 0) is 63.8 Å². The molecule has 0 radical (unpaired) electrons. The fraction of sp³-hybridized carbons (Fsp3) is 0.409. The third kappa shape index (κ3) is 4.34. The van der Waals surface area contributed by atoms with Gasteiger partial charge in [0, 0.05) is 23.6 Å². The van der Waals surface area contributed by atoms with E-state index in [2.05, 4.69) is 0 Å². The van der Waals surface area contributed by atoms with Gasteiger partial charge in [-0.2, -0.15) is 0 Å². The summed E-state index contributed by atoms with van der Waals surface area (Å²) in [7, 11) is 0. The lowest BCUT2D eigenvalue weighted by Crippen LogP contribution is -2.51. The minimum atomic E-state index is -0.624. The van der Waals surface area contributed by atoms with Crippen molar-refractivity contribution in [1.82, 2.24) is 9.47 Å². The molecule has 2 N–H and O–H groups in total. The van der Waals surface area contributed by atoms with E-state index in [-0.39, 0.29) is 0 Å². The molecule has 154 valence electrons. The van der Waals surface area contributed by atoms with Crippen LogP contribution in [-0.2, 0) is 14.3 Å². The Morgan fingerprint density at radius 2 is 1.90 bits per heavy atom. The maximum Gasteiger partial charge on any atom is 0.340 e. The zero-order valence-corrected chi connectivity index (χ0v) is 17.1. The first kappa shape index (κ1) is 20.6. The quantitative estimate of drug-likeness (QED) is 0.784. The number of amides is 2. The molecular weight excluding hydrogens is 370 g/mol. The van der Waals surface area contributed by atoms with E-state index in [1.54, 1.807) is 6.07 Å². The maximum absolute atomic E-state index is 12.6. The third-order valence-corrected chi connectivity index (χ3v) is 5.39. The van der Waals surface area contributed by atoms with Crippen molar-refractivity contribution < 1.29 is 19.1 Å². The van der Waals surface area contributed by atoms with Crippen molar-refractivity contribution in [2.24, 2.45) is 5.73 Å². The van der Waals surface area contributed by atoms with Gasteiger partial charge in [-0.15, -0.1) is 0 Å². The number of aryl methyl sites for hydroxylation is 2. The number of hydrogen-bond acceptors (Lipinski definition) is 4. The predicted molar refractivity (Wildman–Crippen MR) is 109 cm³/mol. The predicted octanol–water partition coefficient (Wildman–Crippen LogP) is 2.43. The summed E-state index contributed by atoms with van der Waals surface area (Å²) in [5, 5.41) is 0. The van der Waals surface area contributed by atoms with Gasteiger partial charge in [-0.25, -0.2) is 4.79 Å². The molecule has 29 heavy (non-hydrogen) atoms. The standard InChI is InChI=1S/C22H27N3O4/c1-14-7-6-8-17(11-14)25-15(2)12-18(16(25)3)22(28)29-13-20(26)24-10-5-4-9-19(24)21(23)27/h6-8,11-12,19H,4-5,9-10,13H2,1-3H3,(H2,23,27)/t19-/m1/s1. The Morgan fingerprint density at radius 3 is 2.59 bits per heavy atom. The van der Waals surface area contributed by atoms with E-state index < -0.39 is 30.4 Å². The smallest absolute Gasteiger partial charge is 0.340 e. The number of esters is 1. The van der Waals surface area contributed by atoms with E-state index in [0.717, 1.165) is 35.5 Å². The first-order valence-electron chi connectivity index (χ1n) is 9.81. The highest BCUT2D eigenvalue weighted by atomic mass is 16.5. The monoisotopic (exact) mass is 397 g/mol. The van der Waals surface area contributed by atoms with E-state index in [1.807, 2.05) is 49.6 Å². The Bertz CT molecular complexity index is 948. The molecular formula is C22H27N3O4. The second-order valence-corrected chi connectivity index (χ2v) is 7.54. The Labute approximate surface area is 170 Å². The van der Waals surface area contributed by atoms with Crippen LogP contribution in [0, 0.1) is 20.8 Å². The fourth-order valence-electron chi connectivity index (χ4n) is 3.95. The van der Waals surface area contributed by atoms with Crippen molar-refractivity contribution in [3.8, 4) is 5.69 Å². The average Bonchev–Trinajstić information content (AvgIpc) is 3.00. The molecule has 1 aliphatic rings. The zero-order chi connectivity index (χ0) is 21.1. The summed E-state index contributed by atoms with van der Waals surface area (Å²) in [6.07, 6.45) is 2.20. The summed E-state index contributed by atoms with van der Waals surface area (Å²) >= 11 is 0. The molecule has 1 aromatic carbocycles. The fourth-order valence-corrected chi connectivity index (χ4v) is 3.95. The minimum absolute atomic E-state index is 0.394. The Kier molecular flexibility index (Phi) is 6.06. The van der Waals surface area contributed by atoms with Crippen molar-refractivity contribution in [2.45, 2.75) is 46.1 Å². The molecule has 2 aromatic rings. The van der Waals surface area contributed by atoms with Crippen LogP contribution in [0.4, 0.5) is 0 Å². The summed E-state index contributed by atoms with van der Waals surface area (Å²) < 4.78 is 7.27. The van der Waals surface area contributed by atoms with Gasteiger partial charge in [0.1, 0.15) is 6.04 Å². The number of rotatable bonds is 5. The highest BCUT2D eigenvalue weighted by Crippen LogP contribution is 2.22. The second-order valence-electron chi connectivity index (χ2n) is 7.54. The molecule has 0 bridgehead atoms. The zero-order valence-electron chi connectivity index (χ0n) is 17.1. The van der Waals surface area contributed by atoms with Gasteiger partial charge < -0.3 is 19.9 Å². The summed E-state index contributed by atoms with van der Waals surface area (Å²) in [6.45, 7) is 5.82. The van der Waals surface area contributed by atoms with Crippen molar-refractivity contribution >= 4 is 17.8 Å². The highest BCUT2D eigenvalue weighted by Gasteiger charge is 2.31. The highest BCUT2D eigenvalue weighted by molar-refractivity contribution is 5.93. The van der Waals surface area contributed by atoms with Gasteiger partial charge >= 0.3 is 5.97 Å². The van der Waals surface area contributed by atoms with Crippen molar-refractivity contribution in [3.05, 3.63) is 52.8 Å². The van der Waals surface area contributed by atoms with E-state index in [9.17, 15) is 14.4 Å². The van der Waals surface area contributed by atoms with E-state index in [1.165, 1.54) is 4.90 Å². The number of piperidine rings is 1. The van der Waals surface area contributed by atoms with Crippen LogP contribution in [0.5, 0.6) is 0 Å². The number of ether oxygens (including phenoxy) is 1.